The Morgan fingerprint density at radius 2 is 1.91 bits per heavy atom. The number of hydrogen-bond donors (Lipinski definition) is 2. The Kier molecular flexibility index (Phi) is 5.28. The van der Waals surface area contributed by atoms with E-state index < -0.39 is 11.9 Å². The number of rotatable bonds is 4. The molecule has 1 amide bonds. The molecule has 0 unspecified atom stereocenters. The molecular formula is C17H11BrN2O3. The average molecular weight is 371 g/mol. The predicted molar refractivity (Wildman–Crippen MR) is 89.8 cm³/mol. The van der Waals surface area contributed by atoms with Gasteiger partial charge in [-0.3, -0.25) is 4.79 Å². The Morgan fingerprint density at radius 3 is 2.57 bits per heavy atom. The molecule has 0 atom stereocenters. The third-order valence-corrected chi connectivity index (χ3v) is 3.42. The van der Waals surface area contributed by atoms with Crippen LogP contribution in [0, 0.1) is 11.3 Å². The lowest BCUT2D eigenvalue weighted by Gasteiger charge is -2.07. The normalized spacial score (nSPS) is 10.7. The van der Waals surface area contributed by atoms with Crippen molar-refractivity contribution in [2.75, 3.05) is 5.32 Å². The van der Waals surface area contributed by atoms with Crippen LogP contribution in [0.5, 0.6) is 0 Å². The Labute approximate surface area is 141 Å². The van der Waals surface area contributed by atoms with E-state index in [0.29, 0.717) is 5.56 Å². The summed E-state index contributed by atoms with van der Waals surface area (Å²) in [5, 5.41) is 20.7. The zero-order chi connectivity index (χ0) is 16.8. The van der Waals surface area contributed by atoms with Crippen molar-refractivity contribution in [2.45, 2.75) is 0 Å². The summed E-state index contributed by atoms with van der Waals surface area (Å²) in [5.41, 5.74) is 0.655. The van der Waals surface area contributed by atoms with E-state index in [2.05, 4.69) is 21.2 Å². The number of carbonyl (C=O) groups excluding carboxylic acids is 1. The number of carboxylic acid groups (broad SMARTS) is 1. The summed E-state index contributed by atoms with van der Waals surface area (Å²) >= 11 is 3.31. The van der Waals surface area contributed by atoms with Crippen LogP contribution in [-0.2, 0) is 4.79 Å². The van der Waals surface area contributed by atoms with Crippen LogP contribution < -0.4 is 5.32 Å². The summed E-state index contributed by atoms with van der Waals surface area (Å²) < 4.78 is 0.820. The highest BCUT2D eigenvalue weighted by atomic mass is 79.9. The van der Waals surface area contributed by atoms with Crippen LogP contribution in [0.15, 0.2) is 58.6 Å². The van der Waals surface area contributed by atoms with Crippen molar-refractivity contribution < 1.29 is 14.7 Å². The maximum atomic E-state index is 12.2. The first-order valence-corrected chi connectivity index (χ1v) is 7.31. The van der Waals surface area contributed by atoms with Gasteiger partial charge in [-0.1, -0.05) is 40.2 Å². The Hall–Kier alpha value is -2.91. The van der Waals surface area contributed by atoms with Crippen LogP contribution in [0.3, 0.4) is 0 Å². The van der Waals surface area contributed by atoms with E-state index in [9.17, 15) is 14.9 Å². The second-order valence-corrected chi connectivity index (χ2v) is 5.45. The predicted octanol–water partition coefficient (Wildman–Crippen LogP) is 3.69. The first kappa shape index (κ1) is 16.5. The number of nitrogens with zero attached hydrogens (tertiary/aromatic N) is 1. The van der Waals surface area contributed by atoms with Gasteiger partial charge in [0.25, 0.3) is 5.91 Å². The fourth-order valence-corrected chi connectivity index (χ4v) is 2.30. The van der Waals surface area contributed by atoms with Gasteiger partial charge < -0.3 is 10.4 Å². The second kappa shape index (κ2) is 7.38. The number of aromatic carboxylic acids is 1. The maximum absolute atomic E-state index is 12.2. The molecule has 5 nitrogen and oxygen atoms in total. The minimum absolute atomic E-state index is 0.0411. The zero-order valence-electron chi connectivity index (χ0n) is 11.8. The fourth-order valence-electron chi connectivity index (χ4n) is 1.88. The third-order valence-electron chi connectivity index (χ3n) is 2.93. The topological polar surface area (TPSA) is 90.2 Å². The van der Waals surface area contributed by atoms with Gasteiger partial charge in [-0.15, -0.1) is 0 Å². The molecule has 2 N–H and O–H groups in total. The minimum Gasteiger partial charge on any atom is -0.478 e. The Bertz CT molecular complexity index is 838. The zero-order valence-corrected chi connectivity index (χ0v) is 13.4. The van der Waals surface area contributed by atoms with E-state index in [1.54, 1.807) is 30.3 Å². The van der Waals surface area contributed by atoms with Crippen LogP contribution in [0.25, 0.3) is 6.08 Å². The summed E-state index contributed by atoms with van der Waals surface area (Å²) in [6.07, 6.45) is 1.43. The molecule has 0 radical (unpaired) electrons. The first-order chi connectivity index (χ1) is 11.0. The molecule has 0 aliphatic heterocycles. The van der Waals surface area contributed by atoms with E-state index in [0.717, 1.165) is 4.47 Å². The van der Waals surface area contributed by atoms with Gasteiger partial charge in [-0.05, 0) is 35.9 Å². The highest BCUT2D eigenvalue weighted by Gasteiger charge is 2.14. The summed E-state index contributed by atoms with van der Waals surface area (Å²) in [7, 11) is 0. The van der Waals surface area contributed by atoms with E-state index in [1.807, 2.05) is 12.1 Å². The van der Waals surface area contributed by atoms with Crippen LogP contribution >= 0.6 is 15.9 Å². The molecule has 0 fully saturated rings. The SMILES string of the molecule is N#C/C(=C\c1cccc(Br)c1)C(=O)Nc1ccccc1C(=O)O. The number of anilines is 1. The molecule has 0 bridgehead atoms. The molecule has 2 rings (SSSR count). The van der Waals surface area contributed by atoms with Gasteiger partial charge in [-0.25, -0.2) is 4.79 Å². The lowest BCUT2D eigenvalue weighted by Crippen LogP contribution is -2.16. The maximum Gasteiger partial charge on any atom is 0.337 e. The number of halogens is 1. The highest BCUT2D eigenvalue weighted by Crippen LogP contribution is 2.18. The number of amides is 1. The van der Waals surface area contributed by atoms with E-state index >= 15 is 0 Å². The molecule has 0 aliphatic rings. The summed E-state index contributed by atoms with van der Waals surface area (Å²) in [6, 6.07) is 14.9. The van der Waals surface area contributed by atoms with E-state index in [-0.39, 0.29) is 16.8 Å². The molecule has 6 heteroatoms. The molecule has 114 valence electrons. The molecule has 0 spiro atoms. The van der Waals surface area contributed by atoms with E-state index in [4.69, 9.17) is 5.11 Å². The molecule has 0 saturated heterocycles. The van der Waals surface area contributed by atoms with Gasteiger partial charge in [0.15, 0.2) is 0 Å². The Morgan fingerprint density at radius 1 is 1.17 bits per heavy atom. The number of nitriles is 1. The molecule has 2 aromatic rings. The van der Waals surface area contributed by atoms with Crippen LogP contribution in [0.1, 0.15) is 15.9 Å². The lowest BCUT2D eigenvalue weighted by molar-refractivity contribution is -0.112. The molecular weight excluding hydrogens is 360 g/mol. The molecule has 0 saturated carbocycles. The fraction of sp³-hybridized carbons (Fsp3) is 0. The summed E-state index contributed by atoms with van der Waals surface area (Å²) in [5.74, 6) is -1.82. The first-order valence-electron chi connectivity index (χ1n) is 6.52. The van der Waals surface area contributed by atoms with Crippen LogP contribution in [0.4, 0.5) is 5.69 Å². The minimum atomic E-state index is -1.16. The highest BCUT2D eigenvalue weighted by molar-refractivity contribution is 9.10. The van der Waals surface area contributed by atoms with Crippen molar-refractivity contribution in [3.63, 3.8) is 0 Å². The Balaban J connectivity index is 2.29. The number of carbonyl (C=O) groups is 2. The third kappa shape index (κ3) is 4.28. The molecule has 0 aliphatic carbocycles. The van der Waals surface area contributed by atoms with E-state index in [1.165, 1.54) is 18.2 Å². The average Bonchev–Trinajstić information content (AvgIpc) is 2.53. The van der Waals surface area contributed by atoms with Gasteiger partial charge in [0.2, 0.25) is 0 Å². The van der Waals surface area contributed by atoms with Gasteiger partial charge >= 0.3 is 5.97 Å². The number of hydrogen-bond acceptors (Lipinski definition) is 3. The quantitative estimate of drug-likeness (QED) is 0.634. The smallest absolute Gasteiger partial charge is 0.337 e. The lowest BCUT2D eigenvalue weighted by atomic mass is 10.1. The van der Waals surface area contributed by atoms with Gasteiger partial charge in [0.1, 0.15) is 11.6 Å². The van der Waals surface area contributed by atoms with Crippen molar-refractivity contribution in [1.29, 1.82) is 5.26 Å². The van der Waals surface area contributed by atoms with Crippen molar-refractivity contribution in [3.05, 3.63) is 69.7 Å². The standard InChI is InChI=1S/C17H11BrN2O3/c18-13-5-3-4-11(9-13)8-12(10-19)16(21)20-15-7-2-1-6-14(15)17(22)23/h1-9H,(H,20,21)(H,22,23)/b12-8+. The van der Waals surface area contributed by atoms with Gasteiger partial charge in [0.05, 0.1) is 11.3 Å². The van der Waals surface area contributed by atoms with Crippen LogP contribution in [-0.4, -0.2) is 17.0 Å². The molecule has 23 heavy (non-hydrogen) atoms. The van der Waals surface area contributed by atoms with Crippen molar-refractivity contribution >= 4 is 39.6 Å². The van der Waals surface area contributed by atoms with Crippen molar-refractivity contribution in [2.24, 2.45) is 0 Å². The molecule has 2 aromatic carbocycles. The number of benzene rings is 2. The van der Waals surface area contributed by atoms with Gasteiger partial charge in [0, 0.05) is 4.47 Å². The van der Waals surface area contributed by atoms with Crippen LogP contribution in [0.2, 0.25) is 0 Å². The number of para-hydroxylation sites is 1. The summed E-state index contributed by atoms with van der Waals surface area (Å²) in [4.78, 5) is 23.3. The van der Waals surface area contributed by atoms with Crippen molar-refractivity contribution in [3.8, 4) is 6.07 Å². The van der Waals surface area contributed by atoms with Gasteiger partial charge in [-0.2, -0.15) is 5.26 Å². The van der Waals surface area contributed by atoms with Crippen molar-refractivity contribution in [1.82, 2.24) is 0 Å². The molecule has 0 aromatic heterocycles. The monoisotopic (exact) mass is 370 g/mol. The largest absolute Gasteiger partial charge is 0.478 e. The number of nitrogens with one attached hydrogen (secondary N) is 1. The summed E-state index contributed by atoms with van der Waals surface area (Å²) in [6.45, 7) is 0. The second-order valence-electron chi connectivity index (χ2n) is 4.53. The molecule has 0 heterocycles. The number of carboxylic acids is 1.